The molecule has 11 heteroatoms. The lowest BCUT2D eigenvalue weighted by atomic mass is 9.65. The number of aliphatic hydroxyl groups is 1. The molecule has 4 rings (SSSR count). The van der Waals surface area contributed by atoms with E-state index in [1.54, 1.807) is 38.1 Å². The van der Waals surface area contributed by atoms with E-state index in [0.29, 0.717) is 23.4 Å². The van der Waals surface area contributed by atoms with Crippen LogP contribution < -0.4 is 14.9 Å². The van der Waals surface area contributed by atoms with Crippen LogP contribution in [0.5, 0.6) is 0 Å². The standard InChI is InChI=1S/C29H38N3O6PS/c1-8-32(40(7,36)37)19-14-15-22-23(18-19)39(35,38-9-2)31-27(30-22)24-25(33)20-12-10-11-13-21(20)29(6,26(24)34)17-16-28(3,4)5/h10-15,18,33H,8-9,16-17H2,1-7H3,(H,30,31,35). The topological polar surface area (TPSA) is 125 Å². The van der Waals surface area contributed by atoms with Gasteiger partial charge in [0, 0.05) is 12.1 Å². The molecule has 0 saturated carbocycles. The SMILES string of the molecule is CCOP1(=O)N=C(C2=C(O)c3ccccc3C(C)(CCC(C)(C)C)C2=O)Nc2ccc(N(CC)S(C)(=O)=O)cc21. The van der Waals surface area contributed by atoms with Gasteiger partial charge >= 0.3 is 7.52 Å². The highest BCUT2D eigenvalue weighted by Crippen LogP contribution is 2.54. The number of nitrogens with zero attached hydrogens (tertiary/aromatic N) is 2. The van der Waals surface area contributed by atoms with Crippen molar-refractivity contribution in [2.24, 2.45) is 10.2 Å². The zero-order chi connectivity index (χ0) is 29.7. The second-order valence-electron chi connectivity index (χ2n) is 11.6. The molecule has 1 aliphatic carbocycles. The summed E-state index contributed by atoms with van der Waals surface area (Å²) in [5.74, 6) is -0.597. The van der Waals surface area contributed by atoms with Gasteiger partial charge in [0.25, 0.3) is 0 Å². The molecule has 1 aliphatic heterocycles. The molecule has 2 unspecified atom stereocenters. The van der Waals surface area contributed by atoms with Crippen molar-refractivity contribution < 1.29 is 27.4 Å². The average molecular weight is 588 g/mol. The average Bonchev–Trinajstić information content (AvgIpc) is 2.86. The summed E-state index contributed by atoms with van der Waals surface area (Å²) in [5.41, 5.74) is 0.921. The van der Waals surface area contributed by atoms with Crippen LogP contribution in [0.25, 0.3) is 5.76 Å². The summed E-state index contributed by atoms with van der Waals surface area (Å²) < 4.78 is 50.3. The summed E-state index contributed by atoms with van der Waals surface area (Å²) in [4.78, 5) is 14.3. The van der Waals surface area contributed by atoms with Crippen LogP contribution in [0, 0.1) is 5.41 Å². The molecule has 2 atom stereocenters. The molecule has 2 aromatic rings. The van der Waals surface area contributed by atoms with Gasteiger partial charge in [0.2, 0.25) is 10.0 Å². The molecule has 216 valence electrons. The van der Waals surface area contributed by atoms with Crippen LogP contribution in [0.1, 0.15) is 65.5 Å². The van der Waals surface area contributed by atoms with E-state index in [0.717, 1.165) is 18.2 Å². The fourth-order valence-electron chi connectivity index (χ4n) is 5.25. The summed E-state index contributed by atoms with van der Waals surface area (Å²) in [7, 11) is -7.55. The molecule has 0 amide bonds. The summed E-state index contributed by atoms with van der Waals surface area (Å²) in [6.45, 7) is 11.8. The second-order valence-corrected chi connectivity index (χ2v) is 15.5. The third-order valence-corrected chi connectivity index (χ3v) is 10.7. The van der Waals surface area contributed by atoms with Crippen molar-refractivity contribution in [1.82, 2.24) is 0 Å². The lowest BCUT2D eigenvalue weighted by molar-refractivity contribution is -0.120. The maximum Gasteiger partial charge on any atom is 0.348 e. The number of nitrogens with one attached hydrogen (secondary N) is 1. The molecule has 2 N–H and O–H groups in total. The number of hydrogen-bond donors (Lipinski definition) is 2. The monoisotopic (exact) mass is 587 g/mol. The Morgan fingerprint density at radius 1 is 1.15 bits per heavy atom. The Hall–Kier alpha value is -2.94. The Balaban J connectivity index is 1.89. The molecule has 0 fully saturated rings. The first-order valence-corrected chi connectivity index (χ1v) is 16.8. The van der Waals surface area contributed by atoms with Gasteiger partial charge in [-0.05, 0) is 62.8 Å². The molecule has 0 saturated heterocycles. The van der Waals surface area contributed by atoms with Crippen LogP contribution in [-0.2, 0) is 29.3 Å². The molecule has 1 heterocycles. The molecule has 0 bridgehead atoms. The number of fused-ring (bicyclic) bond motifs is 2. The highest BCUT2D eigenvalue weighted by molar-refractivity contribution is 7.92. The molecule has 2 aliphatic rings. The predicted octanol–water partition coefficient (Wildman–Crippen LogP) is 5.79. The third-order valence-electron chi connectivity index (χ3n) is 7.40. The first-order chi connectivity index (χ1) is 18.6. The Labute approximate surface area is 236 Å². The Morgan fingerprint density at radius 3 is 2.42 bits per heavy atom. The zero-order valence-corrected chi connectivity index (χ0v) is 25.8. The number of benzene rings is 2. The summed E-state index contributed by atoms with van der Waals surface area (Å²) in [6, 6.07) is 12.0. The molecular weight excluding hydrogens is 549 g/mol. The van der Waals surface area contributed by atoms with Crippen molar-refractivity contribution in [2.75, 3.05) is 29.0 Å². The van der Waals surface area contributed by atoms with Gasteiger partial charge in [-0.2, -0.15) is 4.76 Å². The Morgan fingerprint density at radius 2 is 1.82 bits per heavy atom. The smallest absolute Gasteiger partial charge is 0.348 e. The minimum absolute atomic E-state index is 0.0259. The van der Waals surface area contributed by atoms with Crippen LogP contribution in [0.2, 0.25) is 0 Å². The Bertz CT molecular complexity index is 1570. The van der Waals surface area contributed by atoms with E-state index >= 15 is 0 Å². The van der Waals surface area contributed by atoms with Crippen molar-refractivity contribution in [3.8, 4) is 0 Å². The predicted molar refractivity (Wildman–Crippen MR) is 161 cm³/mol. The van der Waals surface area contributed by atoms with Crippen molar-refractivity contribution in [1.29, 1.82) is 0 Å². The van der Waals surface area contributed by atoms with Gasteiger partial charge in [-0.15, -0.1) is 0 Å². The largest absolute Gasteiger partial charge is 0.506 e. The number of amidine groups is 1. The quantitative estimate of drug-likeness (QED) is 0.375. The summed E-state index contributed by atoms with van der Waals surface area (Å²) >= 11 is 0. The maximum atomic E-state index is 14.3. The van der Waals surface area contributed by atoms with E-state index in [1.807, 2.05) is 19.1 Å². The van der Waals surface area contributed by atoms with Gasteiger partial charge in [-0.3, -0.25) is 13.7 Å². The van der Waals surface area contributed by atoms with Gasteiger partial charge in [-0.25, -0.2) is 8.42 Å². The van der Waals surface area contributed by atoms with Crippen LogP contribution in [0.15, 0.2) is 52.8 Å². The van der Waals surface area contributed by atoms with Gasteiger partial charge < -0.3 is 14.9 Å². The number of carbonyl (C=O) groups is 1. The number of carbonyl (C=O) groups excluding carboxylic acids is 1. The normalized spacial score (nSPS) is 22.8. The number of rotatable bonds is 8. The third kappa shape index (κ3) is 5.37. The molecule has 0 aromatic heterocycles. The minimum atomic E-state index is -3.97. The molecule has 0 spiro atoms. The minimum Gasteiger partial charge on any atom is -0.506 e. The summed E-state index contributed by atoms with van der Waals surface area (Å²) in [6.07, 6.45) is 2.40. The van der Waals surface area contributed by atoms with Crippen molar-refractivity contribution in [3.63, 3.8) is 0 Å². The lowest BCUT2D eigenvalue weighted by Gasteiger charge is -2.38. The number of ketones is 1. The highest BCUT2D eigenvalue weighted by Gasteiger charge is 2.47. The molecule has 2 aromatic carbocycles. The number of anilines is 2. The second kappa shape index (κ2) is 10.5. The molecule has 0 radical (unpaired) electrons. The fourth-order valence-corrected chi connectivity index (χ4v) is 8.01. The number of sulfonamides is 1. The van der Waals surface area contributed by atoms with Crippen LogP contribution in [0.3, 0.4) is 0 Å². The van der Waals surface area contributed by atoms with Gasteiger partial charge in [0.1, 0.15) is 17.2 Å². The first kappa shape index (κ1) is 30.0. The van der Waals surface area contributed by atoms with Gasteiger partial charge in [0.05, 0.1) is 35.0 Å². The van der Waals surface area contributed by atoms with E-state index < -0.39 is 23.0 Å². The number of hydrogen-bond acceptors (Lipinski definition) is 7. The molecular formula is C29H38N3O6PS. The van der Waals surface area contributed by atoms with Crippen LogP contribution in [-0.4, -0.2) is 44.6 Å². The van der Waals surface area contributed by atoms with Crippen molar-refractivity contribution in [2.45, 2.75) is 59.8 Å². The molecule has 40 heavy (non-hydrogen) atoms. The zero-order valence-electron chi connectivity index (χ0n) is 24.1. The van der Waals surface area contributed by atoms with Crippen LogP contribution >= 0.6 is 7.52 Å². The van der Waals surface area contributed by atoms with Gasteiger partial charge in [-0.1, -0.05) is 45.0 Å². The highest BCUT2D eigenvalue weighted by atomic mass is 32.2. The van der Waals surface area contributed by atoms with Crippen molar-refractivity contribution >= 4 is 51.6 Å². The van der Waals surface area contributed by atoms with E-state index in [1.165, 1.54) is 10.4 Å². The number of Topliss-reactive ketones (excluding diaryl/α,β-unsaturated/α-hetero) is 1. The summed E-state index contributed by atoms with van der Waals surface area (Å²) in [5, 5.41) is 14.7. The Kier molecular flexibility index (Phi) is 7.86. The first-order valence-electron chi connectivity index (χ1n) is 13.4. The van der Waals surface area contributed by atoms with E-state index in [9.17, 15) is 22.9 Å². The van der Waals surface area contributed by atoms with Crippen LogP contribution in [0.4, 0.5) is 11.4 Å². The van der Waals surface area contributed by atoms with E-state index in [-0.39, 0.29) is 46.8 Å². The van der Waals surface area contributed by atoms with Crippen molar-refractivity contribution in [3.05, 3.63) is 59.2 Å². The molecule has 9 nitrogen and oxygen atoms in total. The number of aliphatic hydroxyl groups excluding tert-OH is 1. The van der Waals surface area contributed by atoms with E-state index in [4.69, 9.17) is 4.52 Å². The van der Waals surface area contributed by atoms with E-state index in [2.05, 4.69) is 30.9 Å². The fraction of sp³-hybridized carbons (Fsp3) is 0.448. The lowest BCUT2D eigenvalue weighted by Crippen LogP contribution is -2.43. The maximum absolute atomic E-state index is 14.3. The van der Waals surface area contributed by atoms with Gasteiger partial charge in [0.15, 0.2) is 5.78 Å².